The highest BCUT2D eigenvalue weighted by atomic mass is 35.5. The van der Waals surface area contributed by atoms with Crippen LogP contribution in [0.1, 0.15) is 26.4 Å². The number of hydrogen-bond donors (Lipinski definition) is 2. The Bertz CT molecular complexity index is 1020. The van der Waals surface area contributed by atoms with Gasteiger partial charge in [-0.1, -0.05) is 35.9 Å². The molecule has 0 bridgehead atoms. The van der Waals surface area contributed by atoms with Gasteiger partial charge in [0.25, 0.3) is 11.8 Å². The number of carbonyl (C=O) groups is 2. The third-order valence-corrected chi connectivity index (χ3v) is 4.92. The number of halogens is 1. The zero-order valence-corrected chi connectivity index (χ0v) is 17.0. The van der Waals surface area contributed by atoms with Gasteiger partial charge in [0, 0.05) is 24.6 Å². The van der Waals surface area contributed by atoms with E-state index in [1.165, 1.54) is 10.7 Å². The highest BCUT2D eigenvalue weighted by Crippen LogP contribution is 2.19. The molecule has 2 amide bonds. The summed E-state index contributed by atoms with van der Waals surface area (Å²) >= 11 is 7.77. The van der Waals surface area contributed by atoms with Gasteiger partial charge < -0.3 is 10.6 Å². The minimum Gasteiger partial charge on any atom is -0.321 e. The standard InChI is InChI=1S/C20H19ClN4O2S/c1-25-18(23-19(26)15-8-3-4-9-16(15)21)11-17(24-25)20(27)22-14-7-5-6-13(10-14)12-28-2/h3-11H,12H2,1-2H3,(H,22,27)(H,23,26). The molecule has 1 aromatic heterocycles. The Balaban J connectivity index is 1.73. The van der Waals surface area contributed by atoms with E-state index in [9.17, 15) is 9.59 Å². The molecular weight excluding hydrogens is 396 g/mol. The Kier molecular flexibility index (Phi) is 6.38. The van der Waals surface area contributed by atoms with E-state index < -0.39 is 0 Å². The van der Waals surface area contributed by atoms with Gasteiger partial charge in [-0.15, -0.1) is 0 Å². The maximum Gasteiger partial charge on any atom is 0.276 e. The lowest BCUT2D eigenvalue weighted by Crippen LogP contribution is -2.14. The molecule has 0 aliphatic carbocycles. The van der Waals surface area contributed by atoms with Crippen LogP contribution in [0.15, 0.2) is 54.6 Å². The molecule has 0 aliphatic rings. The van der Waals surface area contributed by atoms with Gasteiger partial charge >= 0.3 is 0 Å². The molecule has 0 spiro atoms. The number of rotatable bonds is 6. The van der Waals surface area contributed by atoms with Gasteiger partial charge in [0.05, 0.1) is 10.6 Å². The first-order valence-electron chi connectivity index (χ1n) is 8.47. The van der Waals surface area contributed by atoms with E-state index in [1.807, 2.05) is 30.5 Å². The van der Waals surface area contributed by atoms with E-state index in [0.29, 0.717) is 22.1 Å². The number of nitrogens with zero attached hydrogens (tertiary/aromatic N) is 2. The number of carbonyl (C=O) groups excluding carboxylic acids is 2. The SMILES string of the molecule is CSCc1cccc(NC(=O)c2cc(NC(=O)c3ccccc3Cl)n(C)n2)c1. The third kappa shape index (κ3) is 4.74. The number of amides is 2. The Morgan fingerprint density at radius 3 is 2.61 bits per heavy atom. The van der Waals surface area contributed by atoms with Gasteiger partial charge in [-0.3, -0.25) is 14.3 Å². The highest BCUT2D eigenvalue weighted by molar-refractivity contribution is 7.97. The van der Waals surface area contributed by atoms with Crippen LogP contribution in [0.25, 0.3) is 0 Å². The average Bonchev–Trinajstić information content (AvgIpc) is 3.03. The first-order chi connectivity index (χ1) is 13.5. The van der Waals surface area contributed by atoms with E-state index in [0.717, 1.165) is 11.3 Å². The molecule has 0 fully saturated rings. The van der Waals surface area contributed by atoms with Crippen LogP contribution >= 0.6 is 23.4 Å². The smallest absolute Gasteiger partial charge is 0.276 e. The molecule has 28 heavy (non-hydrogen) atoms. The van der Waals surface area contributed by atoms with Crippen LogP contribution in [0.5, 0.6) is 0 Å². The molecule has 0 saturated carbocycles. The second kappa shape index (κ2) is 8.95. The van der Waals surface area contributed by atoms with Crippen LogP contribution in [-0.2, 0) is 12.8 Å². The molecule has 0 unspecified atom stereocenters. The molecule has 3 rings (SSSR count). The number of thioether (sulfide) groups is 1. The Morgan fingerprint density at radius 2 is 1.86 bits per heavy atom. The number of nitrogens with one attached hydrogen (secondary N) is 2. The van der Waals surface area contributed by atoms with Gasteiger partial charge in [0.15, 0.2) is 5.69 Å². The van der Waals surface area contributed by atoms with Gasteiger partial charge in [-0.05, 0) is 36.1 Å². The number of anilines is 2. The van der Waals surface area contributed by atoms with E-state index >= 15 is 0 Å². The summed E-state index contributed by atoms with van der Waals surface area (Å²) in [6, 6.07) is 15.9. The lowest BCUT2D eigenvalue weighted by Gasteiger charge is -2.06. The van der Waals surface area contributed by atoms with Gasteiger partial charge in [0.1, 0.15) is 5.82 Å². The second-order valence-electron chi connectivity index (χ2n) is 6.06. The summed E-state index contributed by atoms with van der Waals surface area (Å²) in [5, 5.41) is 10.1. The van der Waals surface area contributed by atoms with Crippen LogP contribution in [0.3, 0.4) is 0 Å². The molecule has 0 atom stereocenters. The molecule has 0 saturated heterocycles. The van der Waals surface area contributed by atoms with Gasteiger partial charge in [-0.2, -0.15) is 16.9 Å². The molecule has 8 heteroatoms. The molecule has 3 aromatic rings. The summed E-state index contributed by atoms with van der Waals surface area (Å²) < 4.78 is 1.44. The zero-order chi connectivity index (χ0) is 20.1. The quantitative estimate of drug-likeness (QED) is 0.625. The molecule has 1 heterocycles. The molecule has 0 aliphatic heterocycles. The van der Waals surface area contributed by atoms with E-state index in [2.05, 4.69) is 15.7 Å². The Morgan fingerprint density at radius 1 is 1.07 bits per heavy atom. The van der Waals surface area contributed by atoms with Gasteiger partial charge in [-0.25, -0.2) is 0 Å². The van der Waals surface area contributed by atoms with Crippen LogP contribution in [0, 0.1) is 0 Å². The first kappa shape index (κ1) is 20.0. The number of aromatic nitrogens is 2. The molecule has 2 N–H and O–H groups in total. The van der Waals surface area contributed by atoms with Crippen molar-refractivity contribution in [3.8, 4) is 0 Å². The van der Waals surface area contributed by atoms with Crippen LogP contribution < -0.4 is 10.6 Å². The molecule has 0 radical (unpaired) electrons. The minimum absolute atomic E-state index is 0.201. The predicted octanol–water partition coefficient (Wildman–Crippen LogP) is 4.44. The monoisotopic (exact) mass is 414 g/mol. The number of aryl methyl sites for hydroxylation is 1. The van der Waals surface area contributed by atoms with E-state index in [4.69, 9.17) is 11.6 Å². The summed E-state index contributed by atoms with van der Waals surface area (Å²) in [5.41, 5.74) is 2.37. The molecule has 2 aromatic carbocycles. The fraction of sp³-hybridized carbons (Fsp3) is 0.150. The van der Waals surface area contributed by atoms with Crippen molar-refractivity contribution in [1.29, 1.82) is 0 Å². The zero-order valence-electron chi connectivity index (χ0n) is 15.4. The lowest BCUT2D eigenvalue weighted by atomic mass is 10.2. The topological polar surface area (TPSA) is 76.0 Å². The summed E-state index contributed by atoms with van der Waals surface area (Å²) in [7, 11) is 1.65. The van der Waals surface area contributed by atoms with Crippen molar-refractivity contribution in [2.45, 2.75) is 5.75 Å². The summed E-state index contributed by atoms with van der Waals surface area (Å²) in [6.45, 7) is 0. The minimum atomic E-state index is -0.370. The predicted molar refractivity (Wildman–Crippen MR) is 114 cm³/mol. The normalized spacial score (nSPS) is 10.5. The largest absolute Gasteiger partial charge is 0.321 e. The van der Waals surface area contributed by atoms with Crippen molar-refractivity contribution in [1.82, 2.24) is 9.78 Å². The van der Waals surface area contributed by atoms with E-state index in [1.54, 1.807) is 43.1 Å². The van der Waals surface area contributed by atoms with Crippen molar-refractivity contribution in [3.05, 3.63) is 76.4 Å². The second-order valence-corrected chi connectivity index (χ2v) is 7.33. The van der Waals surface area contributed by atoms with Crippen molar-refractivity contribution >= 4 is 46.7 Å². The maximum atomic E-state index is 12.5. The Labute approximate surface area is 172 Å². The first-order valence-corrected chi connectivity index (χ1v) is 10.2. The number of benzene rings is 2. The number of hydrogen-bond acceptors (Lipinski definition) is 4. The maximum absolute atomic E-state index is 12.5. The van der Waals surface area contributed by atoms with Crippen molar-refractivity contribution in [2.24, 2.45) is 7.05 Å². The van der Waals surface area contributed by atoms with Crippen molar-refractivity contribution < 1.29 is 9.59 Å². The van der Waals surface area contributed by atoms with Gasteiger partial charge in [0.2, 0.25) is 0 Å². The molecule has 144 valence electrons. The van der Waals surface area contributed by atoms with Crippen LogP contribution in [0.2, 0.25) is 5.02 Å². The average molecular weight is 415 g/mol. The van der Waals surface area contributed by atoms with Crippen molar-refractivity contribution in [2.75, 3.05) is 16.9 Å². The summed E-state index contributed by atoms with van der Waals surface area (Å²) in [6.07, 6.45) is 2.03. The third-order valence-electron chi connectivity index (χ3n) is 3.97. The Hall–Kier alpha value is -2.77. The van der Waals surface area contributed by atoms with Crippen LogP contribution in [0.4, 0.5) is 11.5 Å². The van der Waals surface area contributed by atoms with Crippen LogP contribution in [-0.4, -0.2) is 27.9 Å². The van der Waals surface area contributed by atoms with E-state index in [-0.39, 0.29) is 17.5 Å². The molecular formula is C20H19ClN4O2S. The van der Waals surface area contributed by atoms with Crippen molar-refractivity contribution in [3.63, 3.8) is 0 Å². The highest BCUT2D eigenvalue weighted by Gasteiger charge is 2.16. The fourth-order valence-electron chi connectivity index (χ4n) is 2.62. The molecule has 6 nitrogen and oxygen atoms in total. The summed E-state index contributed by atoms with van der Waals surface area (Å²) in [5.74, 6) is 0.539. The fourth-order valence-corrected chi connectivity index (χ4v) is 3.36. The summed E-state index contributed by atoms with van der Waals surface area (Å²) in [4.78, 5) is 24.9. The lowest BCUT2D eigenvalue weighted by molar-refractivity contribution is 0.101.